The minimum absolute atomic E-state index is 0.108. The van der Waals surface area contributed by atoms with Crippen molar-refractivity contribution in [3.63, 3.8) is 0 Å². The van der Waals surface area contributed by atoms with E-state index in [1.54, 1.807) is 6.07 Å². The minimum atomic E-state index is -0.108. The summed E-state index contributed by atoms with van der Waals surface area (Å²) in [6.07, 6.45) is 4.21. The summed E-state index contributed by atoms with van der Waals surface area (Å²) in [7, 11) is 0. The summed E-state index contributed by atoms with van der Waals surface area (Å²) in [6.45, 7) is 0.790. The molecule has 0 amide bonds. The third-order valence-electron chi connectivity index (χ3n) is 2.65. The molecule has 0 radical (unpaired) electrons. The zero-order chi connectivity index (χ0) is 10.8. The van der Waals surface area contributed by atoms with Gasteiger partial charge in [-0.3, -0.25) is 0 Å². The van der Waals surface area contributed by atoms with Gasteiger partial charge in [-0.1, -0.05) is 0 Å². The van der Waals surface area contributed by atoms with Crippen molar-refractivity contribution < 1.29 is 4.73 Å². The second-order valence-electron chi connectivity index (χ2n) is 3.82. The number of nitrogens with two attached hydrogens (primary N) is 2. The van der Waals surface area contributed by atoms with Crippen LogP contribution in [0.4, 0.5) is 5.82 Å². The summed E-state index contributed by atoms with van der Waals surface area (Å²) in [5, 5.41) is 10.8. The topological polar surface area (TPSA) is 95.1 Å². The molecule has 6 nitrogen and oxygen atoms in total. The molecule has 1 fully saturated rings. The molecule has 0 aromatic carbocycles. The van der Waals surface area contributed by atoms with Crippen LogP contribution in [0, 0.1) is 5.21 Å². The van der Waals surface area contributed by atoms with Gasteiger partial charge in [0.15, 0.2) is 0 Å². The molecule has 1 aromatic heterocycles. The van der Waals surface area contributed by atoms with Gasteiger partial charge in [0, 0.05) is 18.7 Å². The van der Waals surface area contributed by atoms with Crippen molar-refractivity contribution in [3.05, 3.63) is 23.8 Å². The molecule has 4 N–H and O–H groups in total. The SMILES string of the molecule is NC1CCN(c2cc[n+]([O-])cn2)C(N)C1. The average Bonchev–Trinajstić information content (AvgIpc) is 2.20. The van der Waals surface area contributed by atoms with E-state index in [2.05, 4.69) is 4.98 Å². The Labute approximate surface area is 88.1 Å². The van der Waals surface area contributed by atoms with E-state index in [1.807, 2.05) is 4.90 Å². The van der Waals surface area contributed by atoms with E-state index < -0.39 is 0 Å². The molecule has 1 aliphatic heterocycles. The second kappa shape index (κ2) is 4.00. The Balaban J connectivity index is 2.13. The third kappa shape index (κ3) is 2.16. The van der Waals surface area contributed by atoms with Crippen molar-refractivity contribution in [1.82, 2.24) is 4.98 Å². The van der Waals surface area contributed by atoms with Gasteiger partial charge in [0.1, 0.15) is 0 Å². The predicted molar refractivity (Wildman–Crippen MR) is 55.7 cm³/mol. The van der Waals surface area contributed by atoms with Gasteiger partial charge in [0.2, 0.25) is 5.82 Å². The zero-order valence-electron chi connectivity index (χ0n) is 8.41. The highest BCUT2D eigenvalue weighted by Crippen LogP contribution is 2.18. The summed E-state index contributed by atoms with van der Waals surface area (Å²) < 4.78 is 0.657. The van der Waals surface area contributed by atoms with Crippen molar-refractivity contribution in [2.45, 2.75) is 25.0 Å². The first-order valence-corrected chi connectivity index (χ1v) is 4.99. The Bertz CT molecular complexity index is 328. The van der Waals surface area contributed by atoms with E-state index in [-0.39, 0.29) is 12.2 Å². The Morgan fingerprint density at radius 2 is 2.33 bits per heavy atom. The molecule has 15 heavy (non-hydrogen) atoms. The minimum Gasteiger partial charge on any atom is -0.711 e. The van der Waals surface area contributed by atoms with E-state index in [0.717, 1.165) is 25.2 Å². The maximum atomic E-state index is 10.8. The lowest BCUT2D eigenvalue weighted by atomic mass is 10.0. The van der Waals surface area contributed by atoms with Crippen LogP contribution in [-0.2, 0) is 0 Å². The smallest absolute Gasteiger partial charge is 0.291 e. The fourth-order valence-electron chi connectivity index (χ4n) is 1.82. The molecule has 0 bridgehead atoms. The maximum Gasteiger partial charge on any atom is 0.291 e. The highest BCUT2D eigenvalue weighted by Gasteiger charge is 2.26. The summed E-state index contributed by atoms with van der Waals surface area (Å²) in [5.41, 5.74) is 11.8. The molecule has 6 heteroatoms. The summed E-state index contributed by atoms with van der Waals surface area (Å²) in [5.74, 6) is 0.738. The van der Waals surface area contributed by atoms with Crippen molar-refractivity contribution in [3.8, 4) is 0 Å². The van der Waals surface area contributed by atoms with Crippen LogP contribution in [0.15, 0.2) is 18.6 Å². The number of hydrogen-bond acceptors (Lipinski definition) is 5. The fourth-order valence-corrected chi connectivity index (χ4v) is 1.82. The molecule has 1 saturated heterocycles. The van der Waals surface area contributed by atoms with Gasteiger partial charge < -0.3 is 21.6 Å². The first kappa shape index (κ1) is 10.1. The summed E-state index contributed by atoms with van der Waals surface area (Å²) >= 11 is 0. The van der Waals surface area contributed by atoms with Gasteiger partial charge in [0.25, 0.3) is 6.33 Å². The molecule has 0 aliphatic carbocycles. The van der Waals surface area contributed by atoms with E-state index in [4.69, 9.17) is 11.5 Å². The van der Waals surface area contributed by atoms with Crippen LogP contribution >= 0.6 is 0 Å². The van der Waals surface area contributed by atoms with E-state index in [0.29, 0.717) is 4.73 Å². The van der Waals surface area contributed by atoms with Crippen molar-refractivity contribution >= 4 is 5.82 Å². The largest absolute Gasteiger partial charge is 0.711 e. The molecule has 2 unspecified atom stereocenters. The number of hydrogen-bond donors (Lipinski definition) is 2. The van der Waals surface area contributed by atoms with E-state index in [9.17, 15) is 5.21 Å². The van der Waals surface area contributed by atoms with Crippen LogP contribution in [0.3, 0.4) is 0 Å². The molecule has 82 valence electrons. The summed E-state index contributed by atoms with van der Waals surface area (Å²) in [4.78, 5) is 6.01. The highest BCUT2D eigenvalue weighted by atomic mass is 16.5. The number of piperidine rings is 1. The van der Waals surface area contributed by atoms with Gasteiger partial charge in [0.05, 0.1) is 12.4 Å². The Morgan fingerprint density at radius 3 is 2.93 bits per heavy atom. The van der Waals surface area contributed by atoms with Gasteiger partial charge in [-0.2, -0.15) is 0 Å². The lowest BCUT2D eigenvalue weighted by Crippen LogP contribution is -2.52. The summed E-state index contributed by atoms with van der Waals surface area (Å²) in [6, 6.07) is 1.84. The number of nitrogens with zero attached hydrogens (tertiary/aromatic N) is 3. The third-order valence-corrected chi connectivity index (χ3v) is 2.65. The number of anilines is 1. The van der Waals surface area contributed by atoms with Crippen LogP contribution in [0.25, 0.3) is 0 Å². The second-order valence-corrected chi connectivity index (χ2v) is 3.82. The van der Waals surface area contributed by atoms with Gasteiger partial charge in [-0.25, -0.2) is 4.73 Å². The predicted octanol–water partition coefficient (Wildman–Crippen LogP) is -1.07. The van der Waals surface area contributed by atoms with Crippen molar-refractivity contribution in [1.29, 1.82) is 0 Å². The van der Waals surface area contributed by atoms with Crippen LogP contribution < -0.4 is 21.1 Å². The molecule has 1 aromatic rings. The average molecular weight is 209 g/mol. The first-order valence-electron chi connectivity index (χ1n) is 4.99. The highest BCUT2D eigenvalue weighted by molar-refractivity contribution is 5.37. The molecule has 0 saturated carbocycles. The monoisotopic (exact) mass is 209 g/mol. The molecule has 2 heterocycles. The zero-order valence-corrected chi connectivity index (χ0v) is 8.41. The van der Waals surface area contributed by atoms with Crippen molar-refractivity contribution in [2.24, 2.45) is 11.5 Å². The molecule has 0 spiro atoms. The molecule has 2 rings (SSSR count). The van der Waals surface area contributed by atoms with Crippen LogP contribution in [0.5, 0.6) is 0 Å². The van der Waals surface area contributed by atoms with Gasteiger partial charge in [-0.05, 0) is 17.8 Å². The normalized spacial score (nSPS) is 26.7. The number of rotatable bonds is 1. The fraction of sp³-hybridized carbons (Fsp3) is 0.556. The molecule has 1 aliphatic rings. The van der Waals surface area contributed by atoms with Gasteiger partial charge >= 0.3 is 0 Å². The standard InChI is InChI=1S/C9H15N5O/c10-7-1-4-14(8(11)5-7)9-2-3-13(15)6-12-9/h2-3,6-8H,1,4-5,10-11H2. The Kier molecular flexibility index (Phi) is 2.70. The van der Waals surface area contributed by atoms with Crippen LogP contribution in [-0.4, -0.2) is 23.7 Å². The maximum absolute atomic E-state index is 10.8. The van der Waals surface area contributed by atoms with Crippen LogP contribution in [0.2, 0.25) is 0 Å². The van der Waals surface area contributed by atoms with E-state index >= 15 is 0 Å². The molecular weight excluding hydrogens is 194 g/mol. The molecule has 2 atom stereocenters. The van der Waals surface area contributed by atoms with Crippen molar-refractivity contribution in [2.75, 3.05) is 11.4 Å². The quantitative estimate of drug-likeness (QED) is 0.453. The first-order chi connectivity index (χ1) is 7.16. The van der Waals surface area contributed by atoms with E-state index in [1.165, 1.54) is 12.5 Å². The van der Waals surface area contributed by atoms with Crippen LogP contribution in [0.1, 0.15) is 12.8 Å². The Hall–Kier alpha value is -1.40. The lowest BCUT2D eigenvalue weighted by Gasteiger charge is -2.34. The molecular formula is C9H15N5O. The number of aromatic nitrogens is 2. The Morgan fingerprint density at radius 1 is 1.53 bits per heavy atom. The van der Waals surface area contributed by atoms with Gasteiger partial charge in [-0.15, -0.1) is 0 Å². The lowest BCUT2D eigenvalue weighted by molar-refractivity contribution is -0.608.